The fourth-order valence-corrected chi connectivity index (χ4v) is 3.46. The molecule has 2 aromatic carbocycles. The van der Waals surface area contributed by atoms with Crippen molar-refractivity contribution in [1.29, 1.82) is 0 Å². The van der Waals surface area contributed by atoms with Crippen LogP contribution in [0.2, 0.25) is 0 Å². The highest BCUT2D eigenvalue weighted by Gasteiger charge is 2.16. The van der Waals surface area contributed by atoms with E-state index in [4.69, 9.17) is 0 Å². The third-order valence-electron chi connectivity index (χ3n) is 3.99. The summed E-state index contributed by atoms with van der Waals surface area (Å²) in [5.74, 6) is -0.409. The van der Waals surface area contributed by atoms with E-state index in [-0.39, 0.29) is 24.3 Å². The molecule has 1 unspecified atom stereocenters. The van der Waals surface area contributed by atoms with Gasteiger partial charge in [-0.1, -0.05) is 55.1 Å². The molecule has 0 spiro atoms. The van der Waals surface area contributed by atoms with Gasteiger partial charge in [0.25, 0.3) is 0 Å². The van der Waals surface area contributed by atoms with Crippen molar-refractivity contribution in [3.05, 3.63) is 78.5 Å². The number of amides is 2. The van der Waals surface area contributed by atoms with E-state index >= 15 is 0 Å². The average molecular weight is 365 g/mol. The van der Waals surface area contributed by atoms with E-state index in [0.29, 0.717) is 6.54 Å². The normalized spacial score (nSPS) is 11.7. The number of nitrogens with zero attached hydrogens (tertiary/aromatic N) is 1. The Bertz CT molecular complexity index is 921. The summed E-state index contributed by atoms with van der Waals surface area (Å²) in [4.78, 5) is 24.1. The van der Waals surface area contributed by atoms with Gasteiger partial charge in [0.1, 0.15) is 0 Å². The van der Waals surface area contributed by atoms with Crippen LogP contribution in [0.5, 0.6) is 0 Å². The molecule has 1 aromatic heterocycles. The standard InChI is InChI=1S/C20H19N3O2S/c1-2-19(24)22-17(14-8-4-3-5-9-14)13-21-20(25)12-16-15-10-6-7-11-18(15)26-23-16/h2-11,17H,1,12-13H2,(H,21,25)(H,22,24). The van der Waals surface area contributed by atoms with E-state index in [9.17, 15) is 9.59 Å². The molecule has 6 heteroatoms. The van der Waals surface area contributed by atoms with Crippen LogP contribution in [-0.2, 0) is 16.0 Å². The summed E-state index contributed by atoms with van der Waals surface area (Å²) in [6.45, 7) is 3.77. The van der Waals surface area contributed by atoms with Crippen molar-refractivity contribution in [2.45, 2.75) is 12.5 Å². The molecule has 0 bridgehead atoms. The predicted octanol–water partition coefficient (Wildman–Crippen LogP) is 3.00. The molecule has 3 aromatic rings. The third kappa shape index (κ3) is 4.34. The zero-order valence-electron chi connectivity index (χ0n) is 14.1. The van der Waals surface area contributed by atoms with Gasteiger partial charge in [0, 0.05) is 11.9 Å². The lowest BCUT2D eigenvalue weighted by Crippen LogP contribution is -2.37. The summed E-state index contributed by atoms with van der Waals surface area (Å²) < 4.78 is 5.45. The van der Waals surface area contributed by atoms with Crippen molar-refractivity contribution in [2.75, 3.05) is 6.54 Å². The van der Waals surface area contributed by atoms with Crippen molar-refractivity contribution in [3.63, 3.8) is 0 Å². The molecule has 0 saturated carbocycles. The second-order valence-electron chi connectivity index (χ2n) is 5.78. The number of benzene rings is 2. The van der Waals surface area contributed by atoms with Crippen LogP contribution in [0.15, 0.2) is 67.3 Å². The number of nitrogens with one attached hydrogen (secondary N) is 2. The van der Waals surface area contributed by atoms with Crippen molar-refractivity contribution < 1.29 is 9.59 Å². The second kappa shape index (κ2) is 8.40. The highest BCUT2D eigenvalue weighted by Crippen LogP contribution is 2.22. The Morgan fingerprint density at radius 1 is 1.12 bits per heavy atom. The smallest absolute Gasteiger partial charge is 0.243 e. The first-order valence-corrected chi connectivity index (χ1v) is 9.02. The Morgan fingerprint density at radius 3 is 2.62 bits per heavy atom. The SMILES string of the molecule is C=CC(=O)NC(CNC(=O)Cc1nsc2ccccc12)c1ccccc1. The highest BCUT2D eigenvalue weighted by molar-refractivity contribution is 7.13. The molecule has 3 rings (SSSR count). The van der Waals surface area contributed by atoms with Crippen molar-refractivity contribution >= 4 is 33.4 Å². The maximum atomic E-state index is 12.4. The molecule has 0 aliphatic heterocycles. The lowest BCUT2D eigenvalue weighted by Gasteiger charge is -2.19. The topological polar surface area (TPSA) is 71.1 Å². The second-order valence-corrected chi connectivity index (χ2v) is 6.59. The van der Waals surface area contributed by atoms with Crippen LogP contribution < -0.4 is 10.6 Å². The Morgan fingerprint density at radius 2 is 1.85 bits per heavy atom. The molecule has 5 nitrogen and oxygen atoms in total. The number of carbonyl (C=O) groups is 2. The van der Waals surface area contributed by atoms with Gasteiger partial charge in [-0.15, -0.1) is 0 Å². The first kappa shape index (κ1) is 17.8. The molecule has 0 saturated heterocycles. The van der Waals surface area contributed by atoms with E-state index in [1.54, 1.807) is 0 Å². The zero-order chi connectivity index (χ0) is 18.4. The molecule has 26 heavy (non-hydrogen) atoms. The van der Waals surface area contributed by atoms with E-state index in [2.05, 4.69) is 21.6 Å². The molecule has 1 heterocycles. The van der Waals surface area contributed by atoms with Gasteiger partial charge in [-0.2, -0.15) is 4.37 Å². The van der Waals surface area contributed by atoms with Crippen molar-refractivity contribution in [2.24, 2.45) is 0 Å². The van der Waals surface area contributed by atoms with Gasteiger partial charge in [-0.3, -0.25) is 9.59 Å². The summed E-state index contributed by atoms with van der Waals surface area (Å²) >= 11 is 1.39. The monoisotopic (exact) mass is 365 g/mol. The molecular formula is C20H19N3O2S. The predicted molar refractivity (Wildman–Crippen MR) is 104 cm³/mol. The van der Waals surface area contributed by atoms with E-state index in [1.807, 2.05) is 54.6 Å². The maximum absolute atomic E-state index is 12.4. The Labute approximate surface area is 155 Å². The van der Waals surface area contributed by atoms with Crippen LogP contribution in [0.3, 0.4) is 0 Å². The molecule has 2 N–H and O–H groups in total. The minimum atomic E-state index is -0.321. The molecule has 132 valence electrons. The van der Waals surface area contributed by atoms with Crippen molar-refractivity contribution in [1.82, 2.24) is 15.0 Å². The summed E-state index contributed by atoms with van der Waals surface area (Å²) in [5.41, 5.74) is 1.69. The van der Waals surface area contributed by atoms with Crippen LogP contribution in [0.4, 0.5) is 0 Å². The van der Waals surface area contributed by atoms with Gasteiger partial charge >= 0.3 is 0 Å². The average Bonchev–Trinajstić information content (AvgIpc) is 3.08. The molecule has 0 aliphatic carbocycles. The van der Waals surface area contributed by atoms with Crippen LogP contribution in [0.1, 0.15) is 17.3 Å². The molecule has 0 radical (unpaired) electrons. The quantitative estimate of drug-likeness (QED) is 0.632. The van der Waals surface area contributed by atoms with Gasteiger partial charge in [0.05, 0.1) is 22.9 Å². The number of hydrogen-bond donors (Lipinski definition) is 2. The fraction of sp³-hybridized carbons (Fsp3) is 0.150. The molecule has 0 fully saturated rings. The molecule has 0 aliphatic rings. The third-order valence-corrected chi connectivity index (χ3v) is 4.85. The Balaban J connectivity index is 1.65. The minimum Gasteiger partial charge on any atom is -0.353 e. The van der Waals surface area contributed by atoms with E-state index < -0.39 is 0 Å². The van der Waals surface area contributed by atoms with Gasteiger partial charge < -0.3 is 10.6 Å². The lowest BCUT2D eigenvalue weighted by molar-refractivity contribution is -0.121. The van der Waals surface area contributed by atoms with Gasteiger partial charge in [0.2, 0.25) is 11.8 Å². The van der Waals surface area contributed by atoms with Gasteiger partial charge in [-0.25, -0.2) is 0 Å². The van der Waals surface area contributed by atoms with E-state index in [0.717, 1.165) is 21.3 Å². The maximum Gasteiger partial charge on any atom is 0.243 e. The van der Waals surface area contributed by atoms with Crippen LogP contribution in [0.25, 0.3) is 10.1 Å². The summed E-state index contributed by atoms with van der Waals surface area (Å²) in [5, 5.41) is 6.74. The van der Waals surface area contributed by atoms with Crippen LogP contribution in [-0.4, -0.2) is 22.7 Å². The van der Waals surface area contributed by atoms with Crippen molar-refractivity contribution in [3.8, 4) is 0 Å². The Hall–Kier alpha value is -2.99. The number of aromatic nitrogens is 1. The lowest BCUT2D eigenvalue weighted by atomic mass is 10.1. The first-order valence-electron chi connectivity index (χ1n) is 8.25. The number of rotatable bonds is 7. The summed E-state index contributed by atoms with van der Waals surface area (Å²) in [6.07, 6.45) is 1.43. The highest BCUT2D eigenvalue weighted by atomic mass is 32.1. The van der Waals surface area contributed by atoms with Crippen LogP contribution in [0, 0.1) is 0 Å². The Kier molecular flexibility index (Phi) is 5.76. The zero-order valence-corrected chi connectivity index (χ0v) is 15.0. The van der Waals surface area contributed by atoms with Gasteiger partial charge in [0.15, 0.2) is 0 Å². The number of carbonyl (C=O) groups excluding carboxylic acids is 2. The first-order chi connectivity index (χ1) is 12.7. The van der Waals surface area contributed by atoms with Crippen LogP contribution >= 0.6 is 11.5 Å². The fourth-order valence-electron chi connectivity index (χ4n) is 2.66. The molecule has 2 amide bonds. The largest absolute Gasteiger partial charge is 0.353 e. The molecule has 1 atom stereocenters. The summed E-state index contributed by atoms with van der Waals surface area (Å²) in [7, 11) is 0. The summed E-state index contributed by atoms with van der Waals surface area (Å²) in [6, 6.07) is 17.0. The minimum absolute atomic E-state index is 0.130. The number of hydrogen-bond acceptors (Lipinski definition) is 4. The van der Waals surface area contributed by atoms with E-state index in [1.165, 1.54) is 17.6 Å². The molecular weight excluding hydrogens is 346 g/mol. The number of fused-ring (bicyclic) bond motifs is 1. The van der Waals surface area contributed by atoms with Gasteiger partial charge in [-0.05, 0) is 29.2 Å².